The van der Waals surface area contributed by atoms with Gasteiger partial charge in [0.2, 0.25) is 0 Å². The molecule has 1 atom stereocenters. The molecular formula is C14H20N4. The maximum Gasteiger partial charge on any atom is 0.140 e. The van der Waals surface area contributed by atoms with Gasteiger partial charge >= 0.3 is 0 Å². The van der Waals surface area contributed by atoms with Gasteiger partial charge in [-0.25, -0.2) is 4.98 Å². The van der Waals surface area contributed by atoms with Crippen molar-refractivity contribution < 1.29 is 0 Å². The van der Waals surface area contributed by atoms with Gasteiger partial charge in [-0.3, -0.25) is 4.90 Å². The zero-order valence-corrected chi connectivity index (χ0v) is 10.9. The third kappa shape index (κ3) is 3.52. The first-order valence-corrected chi connectivity index (χ1v) is 6.55. The molecule has 1 unspecified atom stereocenters. The zero-order chi connectivity index (χ0) is 12.8. The molecule has 1 aromatic heterocycles. The lowest BCUT2D eigenvalue weighted by atomic mass is 10.1. The minimum atomic E-state index is 0.503. The fourth-order valence-electron chi connectivity index (χ4n) is 2.49. The summed E-state index contributed by atoms with van der Waals surface area (Å²) >= 11 is 0. The van der Waals surface area contributed by atoms with Crippen molar-refractivity contribution in [3.8, 4) is 6.07 Å². The Labute approximate surface area is 109 Å². The second-order valence-corrected chi connectivity index (χ2v) is 4.91. The van der Waals surface area contributed by atoms with Crippen molar-refractivity contribution in [1.82, 2.24) is 15.2 Å². The lowest BCUT2D eigenvalue weighted by Gasteiger charge is -2.26. The summed E-state index contributed by atoms with van der Waals surface area (Å²) < 4.78 is 0. The molecule has 0 amide bonds. The molecule has 0 radical (unpaired) electrons. The summed E-state index contributed by atoms with van der Waals surface area (Å²) in [5.74, 6) is 0. The number of rotatable bonds is 3. The van der Waals surface area contributed by atoms with Crippen LogP contribution in [0.15, 0.2) is 18.3 Å². The van der Waals surface area contributed by atoms with E-state index >= 15 is 0 Å². The van der Waals surface area contributed by atoms with Crippen molar-refractivity contribution in [2.75, 3.05) is 20.1 Å². The van der Waals surface area contributed by atoms with E-state index in [2.05, 4.69) is 28.3 Å². The van der Waals surface area contributed by atoms with E-state index in [0.717, 1.165) is 19.6 Å². The largest absolute Gasteiger partial charge is 0.317 e. The fraction of sp³-hybridized carbons (Fsp3) is 0.571. The number of hydrogen-bond donors (Lipinski definition) is 1. The van der Waals surface area contributed by atoms with Crippen molar-refractivity contribution in [1.29, 1.82) is 5.26 Å². The molecule has 0 aromatic carbocycles. The summed E-state index contributed by atoms with van der Waals surface area (Å²) in [6, 6.07) is 6.60. The van der Waals surface area contributed by atoms with Crippen LogP contribution in [0.3, 0.4) is 0 Å². The monoisotopic (exact) mass is 244 g/mol. The maximum atomic E-state index is 8.85. The predicted molar refractivity (Wildman–Crippen MR) is 70.9 cm³/mol. The van der Waals surface area contributed by atoms with Crippen LogP contribution in [0.4, 0.5) is 0 Å². The number of nitrogens with zero attached hydrogens (tertiary/aromatic N) is 3. The molecule has 1 fully saturated rings. The van der Waals surface area contributed by atoms with Crippen LogP contribution < -0.4 is 5.32 Å². The van der Waals surface area contributed by atoms with Gasteiger partial charge in [0.1, 0.15) is 11.8 Å². The minimum absolute atomic E-state index is 0.503. The molecule has 1 aliphatic rings. The summed E-state index contributed by atoms with van der Waals surface area (Å²) in [6.45, 7) is 3.13. The molecule has 2 heterocycles. The topological polar surface area (TPSA) is 52.0 Å². The van der Waals surface area contributed by atoms with Crippen LogP contribution in [-0.2, 0) is 6.54 Å². The van der Waals surface area contributed by atoms with E-state index < -0.39 is 0 Å². The van der Waals surface area contributed by atoms with Gasteiger partial charge < -0.3 is 5.32 Å². The molecule has 96 valence electrons. The Bertz CT molecular complexity index is 416. The number of hydrogen-bond acceptors (Lipinski definition) is 4. The molecule has 4 nitrogen and oxygen atoms in total. The highest BCUT2D eigenvalue weighted by Gasteiger charge is 2.16. The van der Waals surface area contributed by atoms with Crippen LogP contribution in [0.5, 0.6) is 0 Å². The number of nitrogens with one attached hydrogen (secondary N) is 1. The van der Waals surface area contributed by atoms with Crippen LogP contribution in [0.1, 0.15) is 30.5 Å². The Morgan fingerprint density at radius 3 is 3.22 bits per heavy atom. The number of aromatic nitrogens is 1. The molecular weight excluding hydrogens is 224 g/mol. The van der Waals surface area contributed by atoms with Crippen molar-refractivity contribution >= 4 is 0 Å². The molecule has 2 rings (SSSR count). The van der Waals surface area contributed by atoms with Crippen LogP contribution in [-0.4, -0.2) is 36.1 Å². The van der Waals surface area contributed by atoms with E-state index in [1.165, 1.54) is 24.8 Å². The smallest absolute Gasteiger partial charge is 0.140 e. The van der Waals surface area contributed by atoms with E-state index in [-0.39, 0.29) is 0 Å². The first-order valence-electron chi connectivity index (χ1n) is 6.55. The molecule has 18 heavy (non-hydrogen) atoms. The van der Waals surface area contributed by atoms with Gasteiger partial charge in [-0.15, -0.1) is 0 Å². The van der Waals surface area contributed by atoms with E-state index in [1.807, 2.05) is 12.1 Å². The Hall–Kier alpha value is -1.44. The molecule has 0 aliphatic carbocycles. The molecule has 0 saturated carbocycles. The molecule has 1 N–H and O–H groups in total. The van der Waals surface area contributed by atoms with Gasteiger partial charge in [0.15, 0.2) is 0 Å². The lowest BCUT2D eigenvalue weighted by molar-refractivity contribution is 0.216. The summed E-state index contributed by atoms with van der Waals surface area (Å²) in [5, 5.41) is 12.3. The standard InChI is InChI=1S/C14H20N4/c1-18(14-3-2-6-16-7-5-14)11-12-4-8-17-13(9-12)10-15/h4,8-9,14,16H,2-3,5-7,11H2,1H3. The maximum absolute atomic E-state index is 8.85. The molecule has 0 bridgehead atoms. The quantitative estimate of drug-likeness (QED) is 0.876. The van der Waals surface area contributed by atoms with Crippen molar-refractivity contribution in [3.63, 3.8) is 0 Å². The highest BCUT2D eigenvalue weighted by molar-refractivity contribution is 5.25. The molecule has 1 aliphatic heterocycles. The van der Waals surface area contributed by atoms with Crippen molar-refractivity contribution in [3.05, 3.63) is 29.6 Å². The summed E-state index contributed by atoms with van der Waals surface area (Å²) in [6.07, 6.45) is 5.41. The summed E-state index contributed by atoms with van der Waals surface area (Å²) in [5.41, 5.74) is 1.67. The van der Waals surface area contributed by atoms with Crippen LogP contribution in [0.25, 0.3) is 0 Å². The van der Waals surface area contributed by atoms with Gasteiger partial charge in [0.25, 0.3) is 0 Å². The van der Waals surface area contributed by atoms with Crippen LogP contribution >= 0.6 is 0 Å². The number of nitriles is 1. The van der Waals surface area contributed by atoms with Crippen molar-refractivity contribution in [2.24, 2.45) is 0 Å². The molecule has 0 spiro atoms. The Kier molecular flexibility index (Phi) is 4.68. The normalized spacial score (nSPS) is 20.4. The summed E-state index contributed by atoms with van der Waals surface area (Å²) in [4.78, 5) is 6.40. The number of pyridine rings is 1. The van der Waals surface area contributed by atoms with Gasteiger partial charge in [-0.05, 0) is 57.1 Å². The second-order valence-electron chi connectivity index (χ2n) is 4.91. The van der Waals surface area contributed by atoms with Gasteiger partial charge in [0.05, 0.1) is 0 Å². The Balaban J connectivity index is 1.97. The van der Waals surface area contributed by atoms with Crippen LogP contribution in [0.2, 0.25) is 0 Å². The van der Waals surface area contributed by atoms with Gasteiger partial charge in [-0.1, -0.05) is 0 Å². The highest BCUT2D eigenvalue weighted by Crippen LogP contribution is 2.15. The third-order valence-corrected chi connectivity index (χ3v) is 3.54. The fourth-order valence-corrected chi connectivity index (χ4v) is 2.49. The second kappa shape index (κ2) is 6.48. The SMILES string of the molecule is CN(Cc1ccnc(C#N)c1)C1CCCNCC1. The third-order valence-electron chi connectivity index (χ3n) is 3.54. The molecule has 1 aromatic rings. The van der Waals surface area contributed by atoms with Gasteiger partial charge in [-0.2, -0.15) is 5.26 Å². The molecule has 1 saturated heterocycles. The lowest BCUT2D eigenvalue weighted by Crippen LogP contribution is -2.32. The van der Waals surface area contributed by atoms with E-state index in [0.29, 0.717) is 11.7 Å². The predicted octanol–water partition coefficient (Wildman–Crippen LogP) is 1.53. The van der Waals surface area contributed by atoms with Gasteiger partial charge in [0, 0.05) is 18.8 Å². The first-order chi connectivity index (χ1) is 8.79. The average Bonchev–Trinajstić information content (AvgIpc) is 2.68. The Morgan fingerprint density at radius 1 is 1.50 bits per heavy atom. The highest BCUT2D eigenvalue weighted by atomic mass is 15.1. The minimum Gasteiger partial charge on any atom is -0.317 e. The van der Waals surface area contributed by atoms with E-state index in [9.17, 15) is 0 Å². The first kappa shape index (κ1) is 13.0. The average molecular weight is 244 g/mol. The molecule has 4 heteroatoms. The zero-order valence-electron chi connectivity index (χ0n) is 10.9. The Morgan fingerprint density at radius 2 is 2.39 bits per heavy atom. The van der Waals surface area contributed by atoms with Crippen LogP contribution in [0, 0.1) is 11.3 Å². The van der Waals surface area contributed by atoms with E-state index in [4.69, 9.17) is 5.26 Å². The van der Waals surface area contributed by atoms with Crippen molar-refractivity contribution in [2.45, 2.75) is 31.8 Å². The van der Waals surface area contributed by atoms with E-state index in [1.54, 1.807) is 6.20 Å². The summed E-state index contributed by atoms with van der Waals surface area (Å²) in [7, 11) is 2.17.